The first-order valence-electron chi connectivity index (χ1n) is 10.1. The second-order valence-electron chi connectivity index (χ2n) is 7.08. The van der Waals surface area contributed by atoms with Gasteiger partial charge in [0.15, 0.2) is 0 Å². The fourth-order valence-electron chi connectivity index (χ4n) is 3.57. The van der Waals surface area contributed by atoms with Crippen molar-refractivity contribution in [1.82, 2.24) is 19.4 Å². The molecule has 13 heteroatoms. The highest BCUT2D eigenvalue weighted by molar-refractivity contribution is 7.89. The molecule has 12 nitrogen and oxygen atoms in total. The summed E-state index contributed by atoms with van der Waals surface area (Å²) in [6.07, 6.45) is 0. The lowest BCUT2D eigenvalue weighted by atomic mass is 10.2. The number of piperazine rings is 1. The van der Waals surface area contributed by atoms with Crippen LogP contribution in [-0.2, 0) is 10.0 Å². The van der Waals surface area contributed by atoms with Crippen molar-refractivity contribution in [2.24, 2.45) is 0 Å². The molecule has 3 rings (SSSR count). The third kappa shape index (κ3) is 4.62. The Bertz CT molecular complexity index is 1150. The number of sulfonamides is 1. The number of aromatic amines is 1. The molecule has 0 atom stereocenters. The Morgan fingerprint density at radius 2 is 1.81 bits per heavy atom. The Morgan fingerprint density at radius 3 is 2.34 bits per heavy atom. The van der Waals surface area contributed by atoms with Gasteiger partial charge in [0.2, 0.25) is 10.0 Å². The molecule has 1 aliphatic heterocycles. The van der Waals surface area contributed by atoms with Crippen LogP contribution in [0.1, 0.15) is 24.3 Å². The Kier molecular flexibility index (Phi) is 6.89. The van der Waals surface area contributed by atoms with Crippen LogP contribution < -0.4 is 10.5 Å². The van der Waals surface area contributed by atoms with Gasteiger partial charge < -0.3 is 9.80 Å². The van der Waals surface area contributed by atoms with Gasteiger partial charge in [0.05, 0.1) is 9.82 Å². The number of nitro benzene ring substituents is 1. The fourth-order valence-corrected chi connectivity index (χ4v) is 5.04. The number of carbonyl (C=O) groups excluding carboxylic acids is 1. The van der Waals surface area contributed by atoms with Crippen LogP contribution in [0.25, 0.3) is 0 Å². The normalized spacial score (nSPS) is 14.6. The van der Waals surface area contributed by atoms with E-state index >= 15 is 0 Å². The lowest BCUT2D eigenvalue weighted by Crippen LogP contribution is -2.49. The fraction of sp³-hybridized carbons (Fsp3) is 0.421. The van der Waals surface area contributed by atoms with E-state index in [1.807, 2.05) is 0 Å². The predicted octanol–water partition coefficient (Wildman–Crippen LogP) is 0.671. The van der Waals surface area contributed by atoms with E-state index in [9.17, 15) is 28.1 Å². The summed E-state index contributed by atoms with van der Waals surface area (Å²) in [5.74, 6) is -0.351. The van der Waals surface area contributed by atoms with Crippen molar-refractivity contribution in [3.05, 3.63) is 56.5 Å². The second kappa shape index (κ2) is 9.44. The predicted molar refractivity (Wildman–Crippen MR) is 116 cm³/mol. The van der Waals surface area contributed by atoms with Crippen LogP contribution in [0, 0.1) is 10.1 Å². The summed E-state index contributed by atoms with van der Waals surface area (Å²) < 4.78 is 26.7. The number of hydrogen-bond donors (Lipinski definition) is 1. The number of carbonyl (C=O) groups is 1. The van der Waals surface area contributed by atoms with E-state index in [1.165, 1.54) is 28.6 Å². The molecule has 1 amide bonds. The molecule has 1 N–H and O–H groups in total. The van der Waals surface area contributed by atoms with E-state index < -0.39 is 20.5 Å². The molecule has 1 fully saturated rings. The van der Waals surface area contributed by atoms with Crippen LogP contribution in [-0.4, -0.2) is 77.9 Å². The Morgan fingerprint density at radius 1 is 1.16 bits per heavy atom. The minimum absolute atomic E-state index is 0.106. The summed E-state index contributed by atoms with van der Waals surface area (Å²) in [6, 6.07) is 6.46. The molecule has 1 aromatic carbocycles. The first kappa shape index (κ1) is 23.3. The highest BCUT2D eigenvalue weighted by atomic mass is 32.2. The van der Waals surface area contributed by atoms with Crippen molar-refractivity contribution < 1.29 is 18.1 Å². The highest BCUT2D eigenvalue weighted by Crippen LogP contribution is 2.32. The summed E-state index contributed by atoms with van der Waals surface area (Å²) in [5, 5.41) is 17.7. The molecule has 2 heterocycles. The largest absolute Gasteiger partial charge is 0.362 e. The third-order valence-corrected chi connectivity index (χ3v) is 7.34. The van der Waals surface area contributed by atoms with E-state index in [0.717, 1.165) is 6.07 Å². The lowest BCUT2D eigenvalue weighted by molar-refractivity contribution is -0.384. The maximum Gasteiger partial charge on any atom is 0.293 e. The van der Waals surface area contributed by atoms with Crippen LogP contribution in [0.3, 0.4) is 0 Å². The van der Waals surface area contributed by atoms with Crippen molar-refractivity contribution in [3.63, 3.8) is 0 Å². The number of nitro groups is 1. The van der Waals surface area contributed by atoms with Crippen LogP contribution in [0.4, 0.5) is 11.4 Å². The molecule has 0 radical (unpaired) electrons. The van der Waals surface area contributed by atoms with Crippen LogP contribution >= 0.6 is 0 Å². The number of anilines is 1. The zero-order valence-electron chi connectivity index (χ0n) is 17.7. The number of amides is 1. The lowest BCUT2D eigenvalue weighted by Gasteiger charge is -2.35. The van der Waals surface area contributed by atoms with Crippen molar-refractivity contribution in [2.45, 2.75) is 18.7 Å². The van der Waals surface area contributed by atoms with Crippen molar-refractivity contribution >= 4 is 27.3 Å². The molecule has 172 valence electrons. The van der Waals surface area contributed by atoms with Gasteiger partial charge in [-0.25, -0.2) is 13.5 Å². The minimum Gasteiger partial charge on any atom is -0.362 e. The quantitative estimate of drug-likeness (QED) is 0.464. The molecular formula is C19H24N6O6S. The molecule has 0 spiro atoms. The zero-order chi connectivity index (χ0) is 23.5. The van der Waals surface area contributed by atoms with Gasteiger partial charge in [-0.05, 0) is 18.2 Å². The van der Waals surface area contributed by atoms with Crippen LogP contribution in [0.2, 0.25) is 0 Å². The number of nitrogens with one attached hydrogen (secondary N) is 1. The first-order valence-corrected chi connectivity index (χ1v) is 11.5. The van der Waals surface area contributed by atoms with Gasteiger partial charge in [-0.2, -0.15) is 9.40 Å². The monoisotopic (exact) mass is 464 g/mol. The maximum atomic E-state index is 12.7. The maximum absolute atomic E-state index is 12.7. The molecule has 0 unspecified atom stereocenters. The van der Waals surface area contributed by atoms with Crippen LogP contribution in [0.15, 0.2) is 40.0 Å². The van der Waals surface area contributed by atoms with E-state index in [2.05, 4.69) is 10.2 Å². The third-order valence-electron chi connectivity index (χ3n) is 5.29. The molecule has 1 aliphatic rings. The molecule has 32 heavy (non-hydrogen) atoms. The number of H-pyrrole nitrogens is 1. The standard InChI is InChI=1S/C19H24N6O6S/c1-3-24(4-2)32(30,31)14-5-7-16(17(13-14)25(28)29)22-9-11-23(12-10-22)19(27)15-6-8-18(26)21-20-15/h5-8,13H,3-4,9-12H2,1-2H3,(H,21,26). The van der Waals surface area contributed by atoms with Crippen molar-refractivity contribution in [2.75, 3.05) is 44.2 Å². The molecule has 0 saturated carbocycles. The van der Waals surface area contributed by atoms with Gasteiger partial charge in [-0.3, -0.25) is 19.7 Å². The van der Waals surface area contributed by atoms with E-state index in [4.69, 9.17) is 0 Å². The molecule has 1 aromatic heterocycles. The zero-order valence-corrected chi connectivity index (χ0v) is 18.5. The van der Waals surface area contributed by atoms with Crippen molar-refractivity contribution in [1.29, 1.82) is 0 Å². The number of rotatable bonds is 7. The summed E-state index contributed by atoms with van der Waals surface area (Å²) in [6.45, 7) is 5.13. The molecular weight excluding hydrogens is 440 g/mol. The van der Waals surface area contributed by atoms with Gasteiger partial charge in [0.25, 0.3) is 17.2 Å². The average molecular weight is 465 g/mol. The Balaban J connectivity index is 1.80. The number of hydrogen-bond acceptors (Lipinski definition) is 8. The van der Waals surface area contributed by atoms with Gasteiger partial charge in [0.1, 0.15) is 11.4 Å². The van der Waals surface area contributed by atoms with E-state index in [1.54, 1.807) is 23.6 Å². The van der Waals surface area contributed by atoms with E-state index in [-0.39, 0.29) is 48.4 Å². The van der Waals surface area contributed by atoms with Crippen molar-refractivity contribution in [3.8, 4) is 0 Å². The van der Waals surface area contributed by atoms with Gasteiger partial charge in [0, 0.05) is 51.4 Å². The Hall–Kier alpha value is -3.32. The second-order valence-corrected chi connectivity index (χ2v) is 9.02. The van der Waals surface area contributed by atoms with Gasteiger partial charge in [-0.1, -0.05) is 13.8 Å². The number of nitrogens with zero attached hydrogens (tertiary/aromatic N) is 5. The Labute approximate surface area is 184 Å². The highest BCUT2D eigenvalue weighted by Gasteiger charge is 2.30. The summed E-state index contributed by atoms with van der Waals surface area (Å²) in [5.41, 5.74) is -0.316. The molecule has 2 aromatic rings. The first-order chi connectivity index (χ1) is 15.2. The SMILES string of the molecule is CCN(CC)S(=O)(=O)c1ccc(N2CCN(C(=O)c3ccc(=O)[nH]n3)CC2)c([N+](=O)[O-])c1. The summed E-state index contributed by atoms with van der Waals surface area (Å²) in [4.78, 5) is 37.9. The van der Waals surface area contributed by atoms with Crippen LogP contribution in [0.5, 0.6) is 0 Å². The molecule has 0 bridgehead atoms. The summed E-state index contributed by atoms with van der Waals surface area (Å²) in [7, 11) is -3.83. The number of aromatic nitrogens is 2. The minimum atomic E-state index is -3.83. The smallest absolute Gasteiger partial charge is 0.293 e. The van der Waals surface area contributed by atoms with E-state index in [0.29, 0.717) is 18.8 Å². The topological polar surface area (TPSA) is 150 Å². The number of benzene rings is 1. The van der Waals surface area contributed by atoms with Gasteiger partial charge in [-0.15, -0.1) is 0 Å². The average Bonchev–Trinajstić information content (AvgIpc) is 2.79. The van der Waals surface area contributed by atoms with Gasteiger partial charge >= 0.3 is 0 Å². The summed E-state index contributed by atoms with van der Waals surface area (Å²) >= 11 is 0. The molecule has 1 saturated heterocycles. The molecule has 0 aliphatic carbocycles.